The summed E-state index contributed by atoms with van der Waals surface area (Å²) in [6.45, 7) is 8.85. The highest BCUT2D eigenvalue weighted by molar-refractivity contribution is 14.0. The molecule has 5 nitrogen and oxygen atoms in total. The second-order valence-corrected chi connectivity index (χ2v) is 7.62. The number of hydrogen-bond acceptors (Lipinski definition) is 3. The van der Waals surface area contributed by atoms with Crippen LogP contribution in [0.15, 0.2) is 48.0 Å². The van der Waals surface area contributed by atoms with Crippen LogP contribution in [0.4, 0.5) is 0 Å². The van der Waals surface area contributed by atoms with Gasteiger partial charge in [0.05, 0.1) is 18.6 Å². The number of halogens is 1. The fourth-order valence-electron chi connectivity index (χ4n) is 2.17. The molecule has 0 fully saturated rings. The standard InChI is InChI=1S/C18H27N5S.HI/c1-5-20-17(22-13-18(2,3)24-4)21-12-15-8-6-7-9-16(15)23-11-10-19-14-23;/h6-11,14H,5,12-13H2,1-4H3,(H2,20,21,22);1H. The van der Waals surface area contributed by atoms with E-state index in [1.165, 1.54) is 0 Å². The van der Waals surface area contributed by atoms with Crippen molar-refractivity contribution in [3.63, 3.8) is 0 Å². The highest BCUT2D eigenvalue weighted by Crippen LogP contribution is 2.19. The van der Waals surface area contributed by atoms with Gasteiger partial charge in [-0.2, -0.15) is 11.8 Å². The van der Waals surface area contributed by atoms with Crippen molar-refractivity contribution in [3.8, 4) is 5.69 Å². The SMILES string of the molecule is CCNC(=NCc1ccccc1-n1ccnc1)NCC(C)(C)SC.I. The zero-order chi connectivity index (χ0) is 17.4. The van der Waals surface area contributed by atoms with E-state index < -0.39 is 0 Å². The number of nitrogens with one attached hydrogen (secondary N) is 2. The van der Waals surface area contributed by atoms with Gasteiger partial charge in [0, 0.05) is 30.2 Å². The van der Waals surface area contributed by atoms with E-state index in [1.54, 1.807) is 6.20 Å². The van der Waals surface area contributed by atoms with Gasteiger partial charge in [-0.3, -0.25) is 0 Å². The van der Waals surface area contributed by atoms with Gasteiger partial charge in [-0.15, -0.1) is 24.0 Å². The van der Waals surface area contributed by atoms with E-state index in [1.807, 2.05) is 41.0 Å². The Bertz CT molecular complexity index is 655. The van der Waals surface area contributed by atoms with Gasteiger partial charge in [-0.1, -0.05) is 18.2 Å². The molecule has 0 aliphatic carbocycles. The largest absolute Gasteiger partial charge is 0.357 e. The number of thioether (sulfide) groups is 1. The van der Waals surface area contributed by atoms with Crippen molar-refractivity contribution in [2.75, 3.05) is 19.3 Å². The fraction of sp³-hybridized carbons (Fsp3) is 0.444. The predicted molar refractivity (Wildman–Crippen MR) is 119 cm³/mol. The van der Waals surface area contributed by atoms with Crippen LogP contribution in [0.2, 0.25) is 0 Å². The smallest absolute Gasteiger partial charge is 0.191 e. The van der Waals surface area contributed by atoms with Crippen LogP contribution >= 0.6 is 35.7 Å². The van der Waals surface area contributed by atoms with Gasteiger partial charge in [0.15, 0.2) is 5.96 Å². The molecule has 0 saturated heterocycles. The summed E-state index contributed by atoms with van der Waals surface area (Å²) in [6.07, 6.45) is 7.68. The van der Waals surface area contributed by atoms with E-state index in [-0.39, 0.29) is 28.7 Å². The third-order valence-corrected chi connectivity index (χ3v) is 5.01. The quantitative estimate of drug-likeness (QED) is 0.366. The minimum atomic E-state index is 0. The lowest BCUT2D eigenvalue weighted by molar-refractivity contribution is 0.665. The maximum Gasteiger partial charge on any atom is 0.191 e. The van der Waals surface area contributed by atoms with Crippen molar-refractivity contribution in [1.82, 2.24) is 20.2 Å². The molecule has 0 bridgehead atoms. The van der Waals surface area contributed by atoms with Crippen molar-refractivity contribution in [1.29, 1.82) is 0 Å². The minimum absolute atomic E-state index is 0. The summed E-state index contributed by atoms with van der Waals surface area (Å²) in [4.78, 5) is 8.87. The molecule has 138 valence electrons. The van der Waals surface area contributed by atoms with Crippen LogP contribution in [0, 0.1) is 0 Å². The van der Waals surface area contributed by atoms with Crippen LogP contribution in [-0.2, 0) is 6.54 Å². The van der Waals surface area contributed by atoms with Gasteiger partial charge >= 0.3 is 0 Å². The zero-order valence-corrected chi connectivity index (χ0v) is 18.5. The monoisotopic (exact) mass is 473 g/mol. The molecule has 1 heterocycles. The van der Waals surface area contributed by atoms with E-state index in [0.717, 1.165) is 30.3 Å². The first-order chi connectivity index (χ1) is 11.6. The molecule has 0 unspecified atom stereocenters. The zero-order valence-electron chi connectivity index (χ0n) is 15.3. The van der Waals surface area contributed by atoms with Crippen LogP contribution in [-0.4, -0.2) is 39.6 Å². The van der Waals surface area contributed by atoms with Crippen LogP contribution in [0.5, 0.6) is 0 Å². The van der Waals surface area contributed by atoms with Crippen LogP contribution in [0.25, 0.3) is 5.69 Å². The number of para-hydroxylation sites is 1. The lowest BCUT2D eigenvalue weighted by Gasteiger charge is -2.23. The number of aliphatic imine (C=N–C) groups is 1. The molecular weight excluding hydrogens is 445 g/mol. The number of aromatic nitrogens is 2. The molecule has 7 heteroatoms. The Morgan fingerprint density at radius 2 is 2.04 bits per heavy atom. The lowest BCUT2D eigenvalue weighted by Crippen LogP contribution is -2.43. The number of hydrogen-bond donors (Lipinski definition) is 2. The summed E-state index contributed by atoms with van der Waals surface area (Å²) in [5.41, 5.74) is 2.27. The first kappa shape index (κ1) is 21.8. The summed E-state index contributed by atoms with van der Waals surface area (Å²) in [7, 11) is 0. The molecule has 2 rings (SSSR count). The van der Waals surface area contributed by atoms with E-state index in [4.69, 9.17) is 4.99 Å². The number of nitrogens with zero attached hydrogens (tertiary/aromatic N) is 3. The number of imidazole rings is 1. The summed E-state index contributed by atoms with van der Waals surface area (Å²) in [5.74, 6) is 0.847. The Morgan fingerprint density at radius 1 is 1.28 bits per heavy atom. The Labute approximate surface area is 172 Å². The molecule has 0 aliphatic heterocycles. The Kier molecular flexibility index (Phi) is 9.34. The fourth-order valence-corrected chi connectivity index (χ4v) is 2.39. The molecule has 1 aromatic heterocycles. The van der Waals surface area contributed by atoms with Crippen molar-refractivity contribution < 1.29 is 0 Å². The molecule has 25 heavy (non-hydrogen) atoms. The molecule has 0 radical (unpaired) electrons. The predicted octanol–water partition coefficient (Wildman–Crippen LogP) is 3.69. The first-order valence-electron chi connectivity index (χ1n) is 8.19. The summed E-state index contributed by atoms with van der Waals surface area (Å²) in [5, 5.41) is 6.75. The third-order valence-electron chi connectivity index (χ3n) is 3.76. The Balaban J connectivity index is 0.00000312. The number of rotatable bonds is 7. The van der Waals surface area contributed by atoms with Gasteiger partial charge < -0.3 is 15.2 Å². The number of guanidine groups is 1. The second kappa shape index (κ2) is 10.7. The topological polar surface area (TPSA) is 54.2 Å². The van der Waals surface area contributed by atoms with Crippen LogP contribution in [0.1, 0.15) is 26.3 Å². The average Bonchev–Trinajstić information content (AvgIpc) is 3.12. The van der Waals surface area contributed by atoms with E-state index in [9.17, 15) is 0 Å². The Morgan fingerprint density at radius 3 is 2.68 bits per heavy atom. The maximum absolute atomic E-state index is 4.74. The van der Waals surface area contributed by atoms with E-state index >= 15 is 0 Å². The van der Waals surface area contributed by atoms with Crippen molar-refractivity contribution in [2.24, 2.45) is 4.99 Å². The van der Waals surface area contributed by atoms with E-state index in [2.05, 4.69) is 54.8 Å². The molecule has 0 aliphatic rings. The molecule has 1 aromatic carbocycles. The lowest BCUT2D eigenvalue weighted by atomic mass is 10.2. The van der Waals surface area contributed by atoms with E-state index in [0.29, 0.717) is 6.54 Å². The average molecular weight is 473 g/mol. The van der Waals surface area contributed by atoms with Gasteiger partial charge in [-0.25, -0.2) is 9.98 Å². The van der Waals surface area contributed by atoms with Crippen molar-refractivity contribution in [3.05, 3.63) is 48.5 Å². The van der Waals surface area contributed by atoms with Gasteiger partial charge in [0.2, 0.25) is 0 Å². The molecule has 2 N–H and O–H groups in total. The molecular formula is C18H28IN5S. The minimum Gasteiger partial charge on any atom is -0.357 e. The van der Waals surface area contributed by atoms with Gasteiger partial charge in [0.1, 0.15) is 0 Å². The third kappa shape index (κ3) is 6.89. The molecule has 0 atom stereocenters. The highest BCUT2D eigenvalue weighted by Gasteiger charge is 2.16. The van der Waals surface area contributed by atoms with Crippen LogP contribution in [0.3, 0.4) is 0 Å². The van der Waals surface area contributed by atoms with Crippen LogP contribution < -0.4 is 10.6 Å². The Hall–Kier alpha value is -1.22. The molecule has 2 aromatic rings. The molecule has 0 spiro atoms. The van der Waals surface area contributed by atoms with Gasteiger partial charge in [-0.05, 0) is 38.7 Å². The summed E-state index contributed by atoms with van der Waals surface area (Å²) >= 11 is 1.85. The normalized spacial score (nSPS) is 11.8. The molecule has 0 amide bonds. The summed E-state index contributed by atoms with van der Waals surface area (Å²) < 4.78 is 2.19. The first-order valence-corrected chi connectivity index (χ1v) is 9.42. The van der Waals surface area contributed by atoms with Crippen molar-refractivity contribution >= 4 is 41.7 Å². The number of benzene rings is 1. The van der Waals surface area contributed by atoms with Crippen molar-refractivity contribution in [2.45, 2.75) is 32.1 Å². The van der Waals surface area contributed by atoms with Gasteiger partial charge in [0.25, 0.3) is 0 Å². The second-order valence-electron chi connectivity index (χ2n) is 6.11. The molecule has 0 saturated carbocycles. The maximum atomic E-state index is 4.74. The summed E-state index contributed by atoms with van der Waals surface area (Å²) in [6, 6.07) is 8.27. The highest BCUT2D eigenvalue weighted by atomic mass is 127.